The van der Waals surface area contributed by atoms with Crippen LogP contribution in [0.4, 0.5) is 32.0 Å². The monoisotopic (exact) mass is 452 g/mol. The second kappa shape index (κ2) is 9.53. The first-order chi connectivity index (χ1) is 14.3. The summed E-state index contributed by atoms with van der Waals surface area (Å²) < 4.78 is 85.7. The van der Waals surface area contributed by atoms with Crippen LogP contribution in [0.15, 0.2) is 42.6 Å². The molecule has 2 rings (SSSR count). The molecular formula is C18H14F6N2O5. The van der Waals surface area contributed by atoms with Crippen LogP contribution in [-0.2, 0) is 9.53 Å². The molecular weight excluding hydrogens is 438 g/mol. The molecule has 1 atom stereocenters. The fraction of sp³-hybridized carbons (Fsp3) is 0.278. The Morgan fingerprint density at radius 1 is 1.03 bits per heavy atom. The Hall–Kier alpha value is -3.51. The Kier molecular flexibility index (Phi) is 7.31. The molecule has 0 bridgehead atoms. The van der Waals surface area contributed by atoms with Crippen LogP contribution >= 0.6 is 0 Å². The fourth-order valence-corrected chi connectivity index (χ4v) is 2.01. The van der Waals surface area contributed by atoms with Crippen molar-refractivity contribution in [2.45, 2.75) is 25.6 Å². The number of nitrogens with zero attached hydrogens (tertiary/aromatic N) is 1. The molecule has 0 saturated carbocycles. The summed E-state index contributed by atoms with van der Waals surface area (Å²) in [5.74, 6) is -2.61. The molecule has 0 aliphatic carbocycles. The van der Waals surface area contributed by atoms with Crippen molar-refractivity contribution in [1.29, 1.82) is 0 Å². The van der Waals surface area contributed by atoms with Gasteiger partial charge >= 0.3 is 18.5 Å². The minimum absolute atomic E-state index is 0.121. The van der Waals surface area contributed by atoms with Gasteiger partial charge in [0.2, 0.25) is 5.88 Å². The smallest absolute Gasteiger partial charge is 0.468 e. The predicted molar refractivity (Wildman–Crippen MR) is 92.4 cm³/mol. The summed E-state index contributed by atoms with van der Waals surface area (Å²) in [6.45, 7) is -0.313. The number of aromatic nitrogens is 1. The van der Waals surface area contributed by atoms with Gasteiger partial charge in [-0.3, -0.25) is 4.79 Å². The number of rotatable bonds is 7. The maximum absolute atomic E-state index is 12.1. The van der Waals surface area contributed by atoms with Gasteiger partial charge in [-0.2, -0.15) is 13.2 Å². The van der Waals surface area contributed by atoms with Crippen molar-refractivity contribution >= 4 is 17.6 Å². The molecule has 1 heterocycles. The van der Waals surface area contributed by atoms with Gasteiger partial charge in [0, 0.05) is 18.0 Å². The largest absolute Gasteiger partial charge is 0.573 e. The van der Waals surface area contributed by atoms with Crippen LogP contribution in [0.25, 0.3) is 0 Å². The van der Waals surface area contributed by atoms with Crippen molar-refractivity contribution in [3.05, 3.63) is 48.2 Å². The number of halogens is 6. The second-order valence-corrected chi connectivity index (χ2v) is 5.90. The van der Waals surface area contributed by atoms with E-state index in [1.807, 2.05) is 0 Å². The van der Waals surface area contributed by atoms with E-state index in [0.717, 1.165) is 42.6 Å². The minimum Gasteiger partial charge on any atom is -0.468 e. The van der Waals surface area contributed by atoms with Gasteiger partial charge < -0.3 is 19.5 Å². The predicted octanol–water partition coefficient (Wildman–Crippen LogP) is 4.11. The highest BCUT2D eigenvalue weighted by Gasteiger charge is 2.31. The fourth-order valence-electron chi connectivity index (χ4n) is 2.01. The Bertz CT molecular complexity index is 898. The first kappa shape index (κ1) is 23.8. The average Bonchev–Trinajstić information content (AvgIpc) is 2.66. The molecule has 1 aromatic carbocycles. The lowest BCUT2D eigenvalue weighted by atomic mass is 10.2. The SMILES string of the molecule is CC(OC(=O)c1ccc(OCC(F)(F)F)nc1)C(=O)Nc1ccc(OC(F)(F)F)cc1. The number of hydrogen-bond donors (Lipinski definition) is 1. The van der Waals surface area contributed by atoms with Crippen molar-refractivity contribution in [3.8, 4) is 11.6 Å². The van der Waals surface area contributed by atoms with Gasteiger partial charge in [0.15, 0.2) is 12.7 Å². The highest BCUT2D eigenvalue weighted by Crippen LogP contribution is 2.24. The van der Waals surface area contributed by atoms with Gasteiger partial charge in [-0.15, -0.1) is 13.2 Å². The molecule has 0 fully saturated rings. The molecule has 1 aromatic heterocycles. The maximum atomic E-state index is 12.1. The molecule has 0 saturated heterocycles. The van der Waals surface area contributed by atoms with E-state index in [0.29, 0.717) is 0 Å². The highest BCUT2D eigenvalue weighted by atomic mass is 19.4. The van der Waals surface area contributed by atoms with Crippen LogP contribution in [0.3, 0.4) is 0 Å². The number of ether oxygens (including phenoxy) is 3. The third-order valence-corrected chi connectivity index (χ3v) is 3.36. The molecule has 1 N–H and O–H groups in total. The number of benzene rings is 1. The Morgan fingerprint density at radius 2 is 1.68 bits per heavy atom. The van der Waals surface area contributed by atoms with E-state index in [4.69, 9.17) is 4.74 Å². The maximum Gasteiger partial charge on any atom is 0.573 e. The number of amides is 1. The Morgan fingerprint density at radius 3 is 2.19 bits per heavy atom. The third-order valence-electron chi connectivity index (χ3n) is 3.36. The zero-order valence-electron chi connectivity index (χ0n) is 15.6. The summed E-state index contributed by atoms with van der Waals surface area (Å²) in [7, 11) is 0. The molecule has 0 spiro atoms. The van der Waals surface area contributed by atoms with Gasteiger partial charge in [0.1, 0.15) is 5.75 Å². The average molecular weight is 452 g/mol. The number of carbonyl (C=O) groups excluding carboxylic acids is 2. The molecule has 168 valence electrons. The van der Waals surface area contributed by atoms with E-state index in [2.05, 4.69) is 19.8 Å². The van der Waals surface area contributed by atoms with Gasteiger partial charge in [-0.25, -0.2) is 9.78 Å². The van der Waals surface area contributed by atoms with Crippen LogP contribution < -0.4 is 14.8 Å². The molecule has 0 aliphatic heterocycles. The van der Waals surface area contributed by atoms with E-state index in [1.54, 1.807) is 0 Å². The topological polar surface area (TPSA) is 86.8 Å². The van der Waals surface area contributed by atoms with Crippen LogP contribution in [0.2, 0.25) is 0 Å². The lowest BCUT2D eigenvalue weighted by Gasteiger charge is -2.14. The summed E-state index contributed by atoms with van der Waals surface area (Å²) in [5.41, 5.74) is -0.0251. The zero-order chi connectivity index (χ0) is 23.2. The second-order valence-electron chi connectivity index (χ2n) is 5.90. The summed E-state index contributed by atoms with van der Waals surface area (Å²) >= 11 is 0. The molecule has 1 unspecified atom stereocenters. The van der Waals surface area contributed by atoms with Crippen LogP contribution in [0, 0.1) is 0 Å². The van der Waals surface area contributed by atoms with E-state index < -0.39 is 42.9 Å². The van der Waals surface area contributed by atoms with Crippen LogP contribution in [0.1, 0.15) is 17.3 Å². The van der Waals surface area contributed by atoms with E-state index in [1.165, 1.54) is 6.92 Å². The number of hydrogen-bond acceptors (Lipinski definition) is 6. The lowest BCUT2D eigenvalue weighted by Crippen LogP contribution is -2.30. The number of alkyl halides is 6. The van der Waals surface area contributed by atoms with E-state index in [9.17, 15) is 35.9 Å². The highest BCUT2D eigenvalue weighted by molar-refractivity contribution is 5.97. The number of esters is 1. The zero-order valence-corrected chi connectivity index (χ0v) is 15.6. The Balaban J connectivity index is 1.88. The standard InChI is InChI=1S/C18H14F6N2O5/c1-10(15(27)26-12-3-5-13(6-4-12)31-18(22,23)24)30-16(28)11-2-7-14(25-8-11)29-9-17(19,20)21/h2-8,10H,9H2,1H3,(H,26,27). The molecule has 13 heteroatoms. The van der Waals surface area contributed by atoms with Crippen molar-refractivity contribution < 1.29 is 50.1 Å². The van der Waals surface area contributed by atoms with Crippen molar-refractivity contribution in [3.63, 3.8) is 0 Å². The van der Waals surface area contributed by atoms with Crippen molar-refractivity contribution in [2.24, 2.45) is 0 Å². The van der Waals surface area contributed by atoms with Gasteiger partial charge in [0.05, 0.1) is 5.56 Å². The number of carbonyl (C=O) groups is 2. The minimum atomic E-state index is -4.86. The molecule has 0 radical (unpaired) electrons. The first-order valence-electron chi connectivity index (χ1n) is 8.36. The number of nitrogens with one attached hydrogen (secondary N) is 1. The molecule has 0 aliphatic rings. The van der Waals surface area contributed by atoms with Crippen molar-refractivity contribution in [2.75, 3.05) is 11.9 Å². The van der Waals surface area contributed by atoms with E-state index in [-0.39, 0.29) is 17.1 Å². The molecule has 7 nitrogen and oxygen atoms in total. The van der Waals surface area contributed by atoms with Gasteiger partial charge in [-0.05, 0) is 37.3 Å². The summed E-state index contributed by atoms with van der Waals surface area (Å²) in [4.78, 5) is 27.7. The van der Waals surface area contributed by atoms with Crippen molar-refractivity contribution in [1.82, 2.24) is 4.98 Å². The van der Waals surface area contributed by atoms with Gasteiger partial charge in [-0.1, -0.05) is 0 Å². The number of anilines is 1. The summed E-state index contributed by atoms with van der Waals surface area (Å²) in [6, 6.07) is 6.39. The molecule has 2 aromatic rings. The quantitative estimate of drug-likeness (QED) is 0.503. The number of pyridine rings is 1. The van der Waals surface area contributed by atoms with E-state index >= 15 is 0 Å². The lowest BCUT2D eigenvalue weighted by molar-refractivity contribution is -0.274. The van der Waals surface area contributed by atoms with Crippen LogP contribution in [0.5, 0.6) is 11.6 Å². The third kappa shape index (κ3) is 8.40. The molecule has 1 amide bonds. The van der Waals surface area contributed by atoms with Gasteiger partial charge in [0.25, 0.3) is 5.91 Å². The summed E-state index contributed by atoms with van der Waals surface area (Å²) in [5, 5.41) is 2.33. The first-order valence-corrected chi connectivity index (χ1v) is 8.36. The van der Waals surface area contributed by atoms with Crippen LogP contribution in [-0.4, -0.2) is 42.1 Å². The normalized spacial score (nSPS) is 12.6. The molecule has 31 heavy (non-hydrogen) atoms. The summed E-state index contributed by atoms with van der Waals surface area (Å²) in [6.07, 6.45) is -9.80. The Labute approximate surface area is 170 Å².